The first-order chi connectivity index (χ1) is 13.2. The molecule has 28 heavy (non-hydrogen) atoms. The molecule has 1 aliphatic rings. The number of rotatable bonds is 11. The summed E-state index contributed by atoms with van der Waals surface area (Å²) in [5.74, 6) is 3.42. The summed E-state index contributed by atoms with van der Waals surface area (Å²) >= 11 is 0. The minimum Gasteiger partial charge on any atom is -0.491 e. The molecule has 3 heteroatoms. The molecule has 1 aromatic rings. The van der Waals surface area contributed by atoms with Crippen molar-refractivity contribution in [2.45, 2.75) is 91.9 Å². The molecule has 0 amide bonds. The zero-order valence-corrected chi connectivity index (χ0v) is 19.2. The molecule has 3 nitrogen and oxygen atoms in total. The number of hydrogen-bond acceptors (Lipinski definition) is 2. The summed E-state index contributed by atoms with van der Waals surface area (Å²) in [6.45, 7) is 16.6. The lowest BCUT2D eigenvalue weighted by molar-refractivity contribution is -0.671. The molecule has 0 unspecified atom stereocenters. The van der Waals surface area contributed by atoms with Gasteiger partial charge in [-0.1, -0.05) is 20.3 Å². The van der Waals surface area contributed by atoms with Crippen molar-refractivity contribution in [1.82, 2.24) is 0 Å². The first-order valence-corrected chi connectivity index (χ1v) is 11.5. The van der Waals surface area contributed by atoms with Crippen molar-refractivity contribution >= 4 is 0 Å². The highest BCUT2D eigenvalue weighted by Gasteiger charge is 2.33. The van der Waals surface area contributed by atoms with Crippen molar-refractivity contribution in [2.75, 3.05) is 13.2 Å². The lowest BCUT2D eigenvalue weighted by Gasteiger charge is -2.39. The molecule has 0 radical (unpaired) electrons. The van der Waals surface area contributed by atoms with Gasteiger partial charge in [-0.3, -0.25) is 0 Å². The number of ether oxygens (including phenoxy) is 2. The lowest BCUT2D eigenvalue weighted by atomic mass is 9.75. The summed E-state index contributed by atoms with van der Waals surface area (Å²) in [6.07, 6.45) is 6.72. The molecule has 0 aliphatic carbocycles. The van der Waals surface area contributed by atoms with Gasteiger partial charge < -0.3 is 14.8 Å². The van der Waals surface area contributed by atoms with Gasteiger partial charge >= 0.3 is 0 Å². The Bertz CT molecular complexity index is 550. The van der Waals surface area contributed by atoms with E-state index in [-0.39, 0.29) is 11.7 Å². The Kier molecular flexibility index (Phi) is 9.30. The summed E-state index contributed by atoms with van der Waals surface area (Å²) in [5, 5.41) is 2.48. The van der Waals surface area contributed by atoms with Gasteiger partial charge in [0.05, 0.1) is 18.2 Å². The molecule has 0 aromatic heterocycles. The van der Waals surface area contributed by atoms with Crippen molar-refractivity contribution in [3.63, 3.8) is 0 Å². The highest BCUT2D eigenvalue weighted by atomic mass is 16.5. The van der Waals surface area contributed by atoms with Gasteiger partial charge in [-0.15, -0.1) is 0 Å². The molecular formula is C25H44NO2+. The smallest absolute Gasteiger partial charge is 0.119 e. The minimum atomic E-state index is 0.0581. The van der Waals surface area contributed by atoms with E-state index in [0.717, 1.165) is 36.7 Å². The molecular weight excluding hydrogens is 346 g/mol. The average Bonchev–Trinajstić information content (AvgIpc) is 2.61. The van der Waals surface area contributed by atoms with Gasteiger partial charge in [0.1, 0.15) is 12.3 Å². The van der Waals surface area contributed by atoms with Crippen LogP contribution in [0.3, 0.4) is 0 Å². The van der Waals surface area contributed by atoms with Crippen molar-refractivity contribution in [1.29, 1.82) is 0 Å². The van der Waals surface area contributed by atoms with Crippen molar-refractivity contribution in [3.05, 3.63) is 29.8 Å². The molecule has 2 rings (SSSR count). The molecule has 0 spiro atoms. The van der Waals surface area contributed by atoms with E-state index in [9.17, 15) is 0 Å². The molecule has 2 N–H and O–H groups in total. The van der Waals surface area contributed by atoms with Crippen molar-refractivity contribution in [3.8, 4) is 5.75 Å². The second kappa shape index (κ2) is 11.2. The molecule has 1 aromatic carbocycles. The quantitative estimate of drug-likeness (QED) is 0.528. The normalized spacial score (nSPS) is 20.5. The Morgan fingerprint density at radius 3 is 2.39 bits per heavy atom. The Labute approximate surface area is 173 Å². The van der Waals surface area contributed by atoms with E-state index in [2.05, 4.69) is 71.1 Å². The second-order valence-corrected chi connectivity index (χ2v) is 9.97. The predicted molar refractivity (Wildman–Crippen MR) is 118 cm³/mol. The zero-order chi connectivity index (χ0) is 20.6. The largest absolute Gasteiger partial charge is 0.491 e. The molecule has 1 saturated heterocycles. The summed E-state index contributed by atoms with van der Waals surface area (Å²) < 4.78 is 11.7. The fraction of sp³-hybridized carbons (Fsp3) is 0.760. The Morgan fingerprint density at radius 2 is 1.79 bits per heavy atom. The molecule has 2 atom stereocenters. The topological polar surface area (TPSA) is 35.1 Å². The lowest BCUT2D eigenvalue weighted by Crippen LogP contribution is -2.82. The van der Waals surface area contributed by atoms with E-state index >= 15 is 0 Å². The van der Waals surface area contributed by atoms with Gasteiger partial charge in [-0.2, -0.15) is 0 Å². The fourth-order valence-electron chi connectivity index (χ4n) is 4.42. The highest BCUT2D eigenvalue weighted by molar-refractivity contribution is 5.26. The van der Waals surface area contributed by atoms with Crippen LogP contribution < -0.4 is 10.1 Å². The maximum Gasteiger partial charge on any atom is 0.119 e. The van der Waals surface area contributed by atoms with E-state index in [1.807, 2.05) is 0 Å². The standard InChI is InChI=1S/C25H43NO2/c1-19(2)7-10-22(23-14-16-27-25(5,6)17-23)13-15-26-18-21-8-11-24(12-9-21)28-20(3)4/h8-9,11-12,19-20,22-23,26H,7,10,13-18H2,1-6H3/p+1/t22-,23-/m1/s1. The van der Waals surface area contributed by atoms with Crippen LogP contribution in [-0.4, -0.2) is 24.9 Å². The predicted octanol–water partition coefficient (Wildman–Crippen LogP) is 5.18. The summed E-state index contributed by atoms with van der Waals surface area (Å²) in [7, 11) is 0. The van der Waals surface area contributed by atoms with Gasteiger partial charge in [0, 0.05) is 12.2 Å². The van der Waals surface area contributed by atoms with E-state index < -0.39 is 0 Å². The minimum absolute atomic E-state index is 0.0581. The number of nitrogens with two attached hydrogens (primary N) is 1. The van der Waals surface area contributed by atoms with Gasteiger partial charge in [0.2, 0.25) is 0 Å². The fourth-order valence-corrected chi connectivity index (χ4v) is 4.42. The first kappa shape index (κ1) is 23.2. The van der Waals surface area contributed by atoms with Gasteiger partial charge in [0.25, 0.3) is 0 Å². The van der Waals surface area contributed by atoms with E-state index in [4.69, 9.17) is 9.47 Å². The van der Waals surface area contributed by atoms with Crippen LogP contribution >= 0.6 is 0 Å². The van der Waals surface area contributed by atoms with Crippen LogP contribution in [0.25, 0.3) is 0 Å². The summed E-state index contributed by atoms with van der Waals surface area (Å²) in [5.41, 5.74) is 1.43. The molecule has 1 fully saturated rings. The van der Waals surface area contributed by atoms with E-state index in [1.54, 1.807) is 0 Å². The van der Waals surface area contributed by atoms with Crippen LogP contribution in [0.4, 0.5) is 0 Å². The van der Waals surface area contributed by atoms with E-state index in [0.29, 0.717) is 0 Å². The van der Waals surface area contributed by atoms with Crippen LogP contribution in [0.5, 0.6) is 5.75 Å². The molecule has 1 heterocycles. The van der Waals surface area contributed by atoms with Crippen LogP contribution in [0.1, 0.15) is 79.2 Å². The van der Waals surface area contributed by atoms with Gasteiger partial charge in [-0.25, -0.2) is 0 Å². The van der Waals surface area contributed by atoms with Crippen LogP contribution in [-0.2, 0) is 11.3 Å². The third kappa shape index (κ3) is 8.53. The Morgan fingerprint density at radius 1 is 1.07 bits per heavy atom. The van der Waals surface area contributed by atoms with Gasteiger partial charge in [0.15, 0.2) is 0 Å². The zero-order valence-electron chi connectivity index (χ0n) is 19.2. The van der Waals surface area contributed by atoms with Crippen molar-refractivity contribution in [2.24, 2.45) is 17.8 Å². The second-order valence-electron chi connectivity index (χ2n) is 9.97. The third-order valence-electron chi connectivity index (χ3n) is 5.93. The summed E-state index contributed by atoms with van der Waals surface area (Å²) in [4.78, 5) is 0. The maximum absolute atomic E-state index is 5.97. The highest BCUT2D eigenvalue weighted by Crippen LogP contribution is 2.37. The third-order valence-corrected chi connectivity index (χ3v) is 5.93. The molecule has 0 bridgehead atoms. The van der Waals surface area contributed by atoms with Crippen molar-refractivity contribution < 1.29 is 14.8 Å². The first-order valence-electron chi connectivity index (χ1n) is 11.5. The van der Waals surface area contributed by atoms with Crippen LogP contribution in [0, 0.1) is 17.8 Å². The number of quaternary nitrogens is 1. The SMILES string of the molecule is CC(C)CC[C@H](CC[NH2+]Cc1ccc(OC(C)C)cc1)[C@@H]1CCOC(C)(C)C1. The monoisotopic (exact) mass is 390 g/mol. The summed E-state index contributed by atoms with van der Waals surface area (Å²) in [6, 6.07) is 8.59. The molecule has 0 saturated carbocycles. The number of benzene rings is 1. The number of hydrogen-bond donors (Lipinski definition) is 1. The van der Waals surface area contributed by atoms with E-state index in [1.165, 1.54) is 44.2 Å². The van der Waals surface area contributed by atoms with Crippen LogP contribution in [0.15, 0.2) is 24.3 Å². The average molecular weight is 391 g/mol. The maximum atomic E-state index is 5.97. The Hall–Kier alpha value is -1.06. The van der Waals surface area contributed by atoms with Gasteiger partial charge in [-0.05, 0) is 95.4 Å². The van der Waals surface area contributed by atoms with Crippen LogP contribution in [0.2, 0.25) is 0 Å². The molecule has 1 aliphatic heterocycles. The Balaban J connectivity index is 1.80. The molecule has 160 valence electrons.